The van der Waals surface area contributed by atoms with Crippen molar-refractivity contribution in [3.05, 3.63) is 59.7 Å². The predicted molar refractivity (Wildman–Crippen MR) is 74.2 cm³/mol. The van der Waals surface area contributed by atoms with Crippen LogP contribution in [0.2, 0.25) is 0 Å². The first-order valence-electron chi connectivity index (χ1n) is 5.57. The molecule has 0 aliphatic rings. The van der Waals surface area contributed by atoms with E-state index in [-0.39, 0.29) is 0 Å². The molecule has 0 heterocycles. The van der Waals surface area contributed by atoms with Crippen LogP contribution in [0, 0.1) is 6.92 Å². The summed E-state index contributed by atoms with van der Waals surface area (Å²) < 4.78 is 0. The van der Waals surface area contributed by atoms with E-state index in [1.807, 2.05) is 6.07 Å². The van der Waals surface area contributed by atoms with Crippen molar-refractivity contribution in [1.29, 1.82) is 0 Å². The smallest absolute Gasteiger partial charge is 0.00574 e. The molecule has 0 bridgehead atoms. The molecule has 16 heavy (non-hydrogen) atoms. The molecule has 0 aliphatic heterocycles. The molecule has 0 unspecified atom stereocenters. The second-order valence-corrected chi connectivity index (χ2v) is 4.44. The third-order valence-electron chi connectivity index (χ3n) is 2.78. The number of benzene rings is 2. The maximum Gasteiger partial charge on any atom is -0.00574 e. The summed E-state index contributed by atoms with van der Waals surface area (Å²) in [5.41, 5.74) is 5.32. The monoisotopic (exact) mass is 228 g/mol. The summed E-state index contributed by atoms with van der Waals surface area (Å²) in [6.45, 7) is 2.17. The topological polar surface area (TPSA) is 0 Å². The van der Waals surface area contributed by atoms with Crippen molar-refractivity contribution < 1.29 is 0 Å². The highest BCUT2D eigenvalue weighted by molar-refractivity contribution is 7.80. The molecule has 82 valence electrons. The minimum absolute atomic E-state index is 0.907. The van der Waals surface area contributed by atoms with E-state index in [2.05, 4.69) is 62.0 Å². The lowest BCUT2D eigenvalue weighted by Gasteiger charge is -2.08. The van der Waals surface area contributed by atoms with Gasteiger partial charge in [0.25, 0.3) is 0 Å². The van der Waals surface area contributed by atoms with E-state index in [9.17, 15) is 0 Å². The van der Waals surface area contributed by atoms with Gasteiger partial charge in [0.2, 0.25) is 0 Å². The third-order valence-corrected chi connectivity index (χ3v) is 3.00. The Labute approximate surface area is 103 Å². The first kappa shape index (κ1) is 11.3. The van der Waals surface area contributed by atoms with Gasteiger partial charge in [-0.15, -0.1) is 0 Å². The van der Waals surface area contributed by atoms with E-state index >= 15 is 0 Å². The van der Waals surface area contributed by atoms with Gasteiger partial charge in [-0.3, -0.25) is 0 Å². The molecule has 2 rings (SSSR count). The van der Waals surface area contributed by atoms with E-state index in [1.54, 1.807) is 0 Å². The Hall–Kier alpha value is -1.21. The van der Waals surface area contributed by atoms with Gasteiger partial charge in [-0.25, -0.2) is 0 Å². The summed E-state index contributed by atoms with van der Waals surface area (Å²) in [6, 6.07) is 17.2. The van der Waals surface area contributed by atoms with Gasteiger partial charge in [0.05, 0.1) is 0 Å². The second kappa shape index (κ2) is 5.22. The minimum atomic E-state index is 0.907. The SMILES string of the molecule is Cc1cc(CCS)ccc1-c1ccccc1. The maximum atomic E-state index is 4.26. The van der Waals surface area contributed by atoms with Gasteiger partial charge in [0.1, 0.15) is 0 Å². The zero-order valence-corrected chi connectivity index (χ0v) is 10.4. The summed E-state index contributed by atoms with van der Waals surface area (Å²) in [6.07, 6.45) is 1.04. The predicted octanol–water partition coefficient (Wildman–Crippen LogP) is 4.13. The van der Waals surface area contributed by atoms with Gasteiger partial charge < -0.3 is 0 Å². The molecule has 1 heteroatoms. The van der Waals surface area contributed by atoms with Crippen LogP contribution in [-0.2, 0) is 6.42 Å². The van der Waals surface area contributed by atoms with Gasteiger partial charge in [-0.2, -0.15) is 12.6 Å². The first-order valence-corrected chi connectivity index (χ1v) is 6.20. The van der Waals surface area contributed by atoms with Crippen molar-refractivity contribution in [2.45, 2.75) is 13.3 Å². The largest absolute Gasteiger partial charge is 0.179 e. The quantitative estimate of drug-likeness (QED) is 0.750. The van der Waals surface area contributed by atoms with E-state index in [0.29, 0.717) is 0 Å². The molecule has 0 aromatic heterocycles. The van der Waals surface area contributed by atoms with Gasteiger partial charge in [0, 0.05) is 0 Å². The number of thiol groups is 1. The minimum Gasteiger partial charge on any atom is -0.179 e. The summed E-state index contributed by atoms with van der Waals surface area (Å²) in [4.78, 5) is 0. The van der Waals surface area contributed by atoms with Crippen molar-refractivity contribution >= 4 is 12.6 Å². The van der Waals surface area contributed by atoms with E-state index in [4.69, 9.17) is 0 Å². The molecule has 0 saturated heterocycles. The van der Waals surface area contributed by atoms with Gasteiger partial charge in [-0.1, -0.05) is 48.5 Å². The van der Waals surface area contributed by atoms with Crippen molar-refractivity contribution in [3.63, 3.8) is 0 Å². The molecule has 0 atom stereocenters. The Balaban J connectivity index is 2.37. The van der Waals surface area contributed by atoms with Crippen LogP contribution in [0.15, 0.2) is 48.5 Å². The fourth-order valence-electron chi connectivity index (χ4n) is 1.95. The molecule has 0 nitrogen and oxygen atoms in total. The van der Waals surface area contributed by atoms with Crippen molar-refractivity contribution in [2.75, 3.05) is 5.75 Å². The molecular formula is C15H16S. The van der Waals surface area contributed by atoms with Crippen LogP contribution in [-0.4, -0.2) is 5.75 Å². The molecule has 0 aliphatic carbocycles. The highest BCUT2D eigenvalue weighted by Crippen LogP contribution is 2.24. The first-order chi connectivity index (χ1) is 7.81. The lowest BCUT2D eigenvalue weighted by Crippen LogP contribution is -1.89. The Morgan fingerprint density at radius 1 is 1.00 bits per heavy atom. The van der Waals surface area contributed by atoms with E-state index < -0.39 is 0 Å². The number of hydrogen-bond acceptors (Lipinski definition) is 1. The summed E-state index contributed by atoms with van der Waals surface area (Å²) in [7, 11) is 0. The van der Waals surface area contributed by atoms with E-state index in [0.717, 1.165) is 12.2 Å². The Bertz CT molecular complexity index is 460. The van der Waals surface area contributed by atoms with Crippen molar-refractivity contribution in [3.8, 4) is 11.1 Å². The fourth-order valence-corrected chi connectivity index (χ4v) is 2.21. The maximum absolute atomic E-state index is 4.26. The second-order valence-electron chi connectivity index (χ2n) is 3.99. The lowest BCUT2D eigenvalue weighted by molar-refractivity contribution is 1.15. The molecule has 0 saturated carbocycles. The van der Waals surface area contributed by atoms with Crippen molar-refractivity contribution in [2.24, 2.45) is 0 Å². The lowest BCUT2D eigenvalue weighted by atomic mass is 9.98. The van der Waals surface area contributed by atoms with Crippen LogP contribution < -0.4 is 0 Å². The number of rotatable bonds is 3. The summed E-state index contributed by atoms with van der Waals surface area (Å²) in [5.74, 6) is 0.907. The summed E-state index contributed by atoms with van der Waals surface area (Å²) >= 11 is 4.26. The molecule has 0 N–H and O–H groups in total. The van der Waals surface area contributed by atoms with Gasteiger partial charge in [0.15, 0.2) is 0 Å². The number of hydrogen-bond donors (Lipinski definition) is 1. The molecule has 0 spiro atoms. The molecular weight excluding hydrogens is 212 g/mol. The fraction of sp³-hybridized carbons (Fsp3) is 0.200. The van der Waals surface area contributed by atoms with Crippen molar-refractivity contribution in [1.82, 2.24) is 0 Å². The average Bonchev–Trinajstić information content (AvgIpc) is 2.31. The molecule has 0 fully saturated rings. The van der Waals surface area contributed by atoms with Gasteiger partial charge >= 0.3 is 0 Å². The summed E-state index contributed by atoms with van der Waals surface area (Å²) in [5, 5.41) is 0. The average molecular weight is 228 g/mol. The highest BCUT2D eigenvalue weighted by Gasteiger charge is 2.01. The number of aryl methyl sites for hydroxylation is 2. The Kier molecular flexibility index (Phi) is 3.68. The normalized spacial score (nSPS) is 10.4. The Morgan fingerprint density at radius 3 is 2.38 bits per heavy atom. The molecule has 2 aromatic carbocycles. The standard InChI is InChI=1S/C15H16S/c1-12-11-13(9-10-16)7-8-15(12)14-5-3-2-4-6-14/h2-8,11,16H,9-10H2,1H3. The van der Waals surface area contributed by atoms with E-state index in [1.165, 1.54) is 22.3 Å². The zero-order valence-electron chi connectivity index (χ0n) is 9.48. The van der Waals surface area contributed by atoms with Crippen LogP contribution >= 0.6 is 12.6 Å². The van der Waals surface area contributed by atoms with Crippen LogP contribution in [0.5, 0.6) is 0 Å². The highest BCUT2D eigenvalue weighted by atomic mass is 32.1. The molecule has 2 aromatic rings. The third kappa shape index (κ3) is 2.48. The zero-order chi connectivity index (χ0) is 11.4. The van der Waals surface area contributed by atoms with Crippen LogP contribution in [0.4, 0.5) is 0 Å². The van der Waals surface area contributed by atoms with Gasteiger partial charge in [-0.05, 0) is 41.4 Å². The Morgan fingerprint density at radius 2 is 1.75 bits per heavy atom. The van der Waals surface area contributed by atoms with Crippen LogP contribution in [0.25, 0.3) is 11.1 Å². The molecule has 0 radical (unpaired) electrons. The molecule has 0 amide bonds. The van der Waals surface area contributed by atoms with Crippen LogP contribution in [0.3, 0.4) is 0 Å². The van der Waals surface area contributed by atoms with Crippen LogP contribution in [0.1, 0.15) is 11.1 Å².